The molecule has 2 aromatic carbocycles. The van der Waals surface area contributed by atoms with Crippen molar-refractivity contribution in [3.8, 4) is 5.75 Å². The van der Waals surface area contributed by atoms with Gasteiger partial charge in [-0.3, -0.25) is 19.3 Å². The van der Waals surface area contributed by atoms with Crippen molar-refractivity contribution in [3.63, 3.8) is 0 Å². The third kappa shape index (κ3) is 4.25. The Morgan fingerprint density at radius 2 is 1.67 bits per heavy atom. The third-order valence-corrected chi connectivity index (χ3v) is 4.98. The van der Waals surface area contributed by atoms with Crippen LogP contribution >= 0.6 is 0 Å². The highest BCUT2D eigenvalue weighted by molar-refractivity contribution is 6.22. The van der Waals surface area contributed by atoms with Gasteiger partial charge in [-0.2, -0.15) is 0 Å². The van der Waals surface area contributed by atoms with E-state index in [1.54, 1.807) is 48.5 Å². The fourth-order valence-electron chi connectivity index (χ4n) is 3.35. The lowest BCUT2D eigenvalue weighted by Gasteiger charge is -2.24. The van der Waals surface area contributed by atoms with E-state index in [9.17, 15) is 19.2 Å². The fraction of sp³-hybridized carbons (Fsp3) is 0.304. The van der Waals surface area contributed by atoms with E-state index in [2.05, 4.69) is 0 Å². The molecule has 0 unspecified atom stereocenters. The van der Waals surface area contributed by atoms with Crippen LogP contribution in [-0.2, 0) is 9.53 Å². The minimum absolute atomic E-state index is 0.268. The van der Waals surface area contributed by atoms with Gasteiger partial charge in [0.2, 0.25) is 0 Å². The Kier molecular flexibility index (Phi) is 6.61. The normalized spacial score (nSPS) is 13.7. The lowest BCUT2D eigenvalue weighted by Crippen LogP contribution is -2.46. The molecule has 2 amide bonds. The van der Waals surface area contributed by atoms with E-state index < -0.39 is 36.2 Å². The van der Waals surface area contributed by atoms with E-state index in [4.69, 9.17) is 9.47 Å². The van der Waals surface area contributed by atoms with Crippen molar-refractivity contribution >= 4 is 23.6 Å². The summed E-state index contributed by atoms with van der Waals surface area (Å²) >= 11 is 0. The number of amides is 2. The van der Waals surface area contributed by atoms with Gasteiger partial charge in [-0.15, -0.1) is 0 Å². The van der Waals surface area contributed by atoms with Gasteiger partial charge in [-0.25, -0.2) is 4.79 Å². The van der Waals surface area contributed by atoms with E-state index >= 15 is 0 Å². The van der Waals surface area contributed by atoms with Gasteiger partial charge < -0.3 is 9.47 Å². The lowest BCUT2D eigenvalue weighted by atomic mass is 10.1. The topological polar surface area (TPSA) is 90.0 Å². The zero-order valence-corrected chi connectivity index (χ0v) is 16.9. The first-order chi connectivity index (χ1) is 14.5. The first-order valence-corrected chi connectivity index (χ1v) is 9.78. The highest BCUT2D eigenvalue weighted by Crippen LogP contribution is 2.27. The average Bonchev–Trinajstić information content (AvgIpc) is 3.03. The van der Waals surface area contributed by atoms with Crippen LogP contribution < -0.4 is 4.74 Å². The Bertz CT molecular complexity index is 948. The number of imide groups is 1. The molecule has 0 aliphatic carbocycles. The monoisotopic (exact) mass is 409 g/mol. The Morgan fingerprint density at radius 3 is 2.27 bits per heavy atom. The minimum atomic E-state index is -1.07. The van der Waals surface area contributed by atoms with Gasteiger partial charge in [0.05, 0.1) is 18.2 Å². The van der Waals surface area contributed by atoms with Gasteiger partial charge >= 0.3 is 5.97 Å². The number of nitrogens with zero attached hydrogens (tertiary/aromatic N) is 1. The predicted molar refractivity (Wildman–Crippen MR) is 109 cm³/mol. The number of carbonyl (C=O) groups excluding carboxylic acids is 4. The molecule has 3 rings (SSSR count). The van der Waals surface area contributed by atoms with Crippen LogP contribution in [0.2, 0.25) is 0 Å². The summed E-state index contributed by atoms with van der Waals surface area (Å²) in [6, 6.07) is 11.9. The average molecular weight is 409 g/mol. The molecule has 0 fully saturated rings. The van der Waals surface area contributed by atoms with Gasteiger partial charge in [-0.1, -0.05) is 44.0 Å². The zero-order valence-electron chi connectivity index (χ0n) is 16.9. The largest absolute Gasteiger partial charge is 0.497 e. The Balaban J connectivity index is 1.74. The highest BCUT2D eigenvalue weighted by atomic mass is 16.5. The molecule has 1 atom stereocenters. The molecule has 0 spiro atoms. The number of rotatable bonds is 9. The Hall–Kier alpha value is -3.48. The van der Waals surface area contributed by atoms with E-state index in [-0.39, 0.29) is 17.5 Å². The molecule has 7 nitrogen and oxygen atoms in total. The van der Waals surface area contributed by atoms with Crippen molar-refractivity contribution in [2.75, 3.05) is 13.7 Å². The molecular formula is C23H23NO6. The van der Waals surface area contributed by atoms with Gasteiger partial charge in [0.15, 0.2) is 12.4 Å². The number of ketones is 1. The molecule has 7 heteroatoms. The van der Waals surface area contributed by atoms with Crippen molar-refractivity contribution in [1.82, 2.24) is 4.90 Å². The second-order valence-electron chi connectivity index (χ2n) is 6.95. The summed E-state index contributed by atoms with van der Waals surface area (Å²) in [5.74, 6) is -1.70. The maximum absolute atomic E-state index is 12.8. The first-order valence-electron chi connectivity index (χ1n) is 9.78. The molecule has 1 heterocycles. The van der Waals surface area contributed by atoms with Crippen molar-refractivity contribution in [3.05, 3.63) is 65.2 Å². The number of fused-ring (bicyclic) bond motifs is 1. The lowest BCUT2D eigenvalue weighted by molar-refractivity contribution is -0.147. The molecule has 1 aliphatic heterocycles. The molecule has 0 N–H and O–H groups in total. The highest BCUT2D eigenvalue weighted by Gasteiger charge is 2.43. The molecule has 30 heavy (non-hydrogen) atoms. The summed E-state index contributed by atoms with van der Waals surface area (Å²) in [5, 5.41) is 0. The number of ether oxygens (including phenoxy) is 2. The first kappa shape index (κ1) is 21.2. The van der Waals surface area contributed by atoms with Crippen LogP contribution in [0, 0.1) is 0 Å². The second kappa shape index (κ2) is 9.35. The summed E-state index contributed by atoms with van der Waals surface area (Å²) in [4.78, 5) is 51.7. The summed E-state index contributed by atoms with van der Waals surface area (Å²) in [7, 11) is 1.49. The molecule has 2 aromatic rings. The molecule has 0 saturated carbocycles. The summed E-state index contributed by atoms with van der Waals surface area (Å²) < 4.78 is 10.3. The molecule has 156 valence electrons. The number of benzene rings is 2. The molecule has 0 aromatic heterocycles. The summed E-state index contributed by atoms with van der Waals surface area (Å²) in [5.41, 5.74) is 0.876. The maximum Gasteiger partial charge on any atom is 0.329 e. The molecule has 0 radical (unpaired) electrons. The van der Waals surface area contributed by atoms with Crippen molar-refractivity contribution in [1.29, 1.82) is 0 Å². The number of Topliss-reactive ketones (excluding diaryl/α,β-unsaturated/α-hetero) is 1. The number of hydrogen-bond donors (Lipinski definition) is 0. The summed E-state index contributed by atoms with van der Waals surface area (Å²) in [6.07, 6.45) is 1.67. The van der Waals surface area contributed by atoms with E-state index in [0.717, 1.165) is 11.3 Å². The van der Waals surface area contributed by atoms with Crippen LogP contribution in [0.15, 0.2) is 48.5 Å². The number of unbranched alkanes of at least 4 members (excludes halogenated alkanes) is 1. The number of carbonyl (C=O) groups is 4. The van der Waals surface area contributed by atoms with Crippen LogP contribution in [0.25, 0.3) is 0 Å². The fourth-order valence-corrected chi connectivity index (χ4v) is 3.35. The molecular weight excluding hydrogens is 386 g/mol. The maximum atomic E-state index is 12.8. The van der Waals surface area contributed by atoms with Gasteiger partial charge in [0.25, 0.3) is 11.8 Å². The van der Waals surface area contributed by atoms with E-state index in [1.807, 2.05) is 6.92 Å². The van der Waals surface area contributed by atoms with Crippen LogP contribution in [0.3, 0.4) is 0 Å². The third-order valence-electron chi connectivity index (χ3n) is 4.98. The zero-order chi connectivity index (χ0) is 21.7. The van der Waals surface area contributed by atoms with Gasteiger partial charge in [0, 0.05) is 5.56 Å². The van der Waals surface area contributed by atoms with Crippen LogP contribution in [0.5, 0.6) is 5.75 Å². The minimum Gasteiger partial charge on any atom is -0.497 e. The molecule has 0 bridgehead atoms. The Morgan fingerprint density at radius 1 is 1.00 bits per heavy atom. The van der Waals surface area contributed by atoms with Gasteiger partial charge in [-0.05, 0) is 30.7 Å². The van der Waals surface area contributed by atoms with Crippen LogP contribution in [-0.4, -0.2) is 48.2 Å². The quantitative estimate of drug-likeness (QED) is 0.359. The van der Waals surface area contributed by atoms with Crippen molar-refractivity contribution < 1.29 is 28.7 Å². The molecule has 1 aliphatic rings. The molecule has 0 saturated heterocycles. The smallest absolute Gasteiger partial charge is 0.329 e. The number of methoxy groups -OCH3 is 1. The number of hydrogen-bond acceptors (Lipinski definition) is 6. The van der Waals surface area contributed by atoms with Crippen molar-refractivity contribution in [2.45, 2.75) is 32.2 Å². The van der Waals surface area contributed by atoms with Crippen molar-refractivity contribution in [2.24, 2.45) is 0 Å². The summed E-state index contributed by atoms with van der Waals surface area (Å²) in [6.45, 7) is 1.45. The van der Waals surface area contributed by atoms with E-state index in [0.29, 0.717) is 17.7 Å². The van der Waals surface area contributed by atoms with Crippen LogP contribution in [0.4, 0.5) is 0 Å². The standard InChI is InChI=1S/C23H23NO6/c1-3-4-12-19(24-21(26)17-10-5-6-11-18(17)22(24)27)23(28)30-14-20(25)15-8-7-9-16(13-15)29-2/h5-11,13,19H,3-4,12,14H2,1-2H3/t19-/m0/s1. The Labute approximate surface area is 174 Å². The SMILES string of the molecule is CCCC[C@@H](C(=O)OCC(=O)c1cccc(OC)c1)N1C(=O)c2ccccc2C1=O. The van der Waals surface area contributed by atoms with Crippen LogP contribution in [0.1, 0.15) is 57.3 Å². The van der Waals surface area contributed by atoms with E-state index in [1.165, 1.54) is 7.11 Å². The predicted octanol–water partition coefficient (Wildman–Crippen LogP) is 3.28. The number of esters is 1. The van der Waals surface area contributed by atoms with Gasteiger partial charge in [0.1, 0.15) is 11.8 Å². The second-order valence-corrected chi connectivity index (χ2v) is 6.95.